The molecule has 0 radical (unpaired) electrons. The minimum Gasteiger partial charge on any atom is -0.480 e. The minimum absolute atomic E-state index is 0.0448. The standard InChI is InChI=1S/C21H18F3N3O2/c22-16-4-2-13(9-18(28)17-5-3-14(11-25)12-27-17)8-15(16)21(20(23)24)6-1-7-29-19(26)10-21/h2-5,8,10,12,20H,1,6-7,9,26H2. The number of carbonyl (C=O) groups is 1. The van der Waals surface area contributed by atoms with Crippen molar-refractivity contribution in [3.05, 3.63) is 76.7 Å². The predicted octanol–water partition coefficient (Wildman–Crippen LogP) is 3.63. The van der Waals surface area contributed by atoms with E-state index in [0.29, 0.717) is 11.1 Å². The molecule has 0 aliphatic carbocycles. The number of nitrogens with zero attached hydrogens (tertiary/aromatic N) is 2. The number of alkyl halides is 2. The molecule has 2 aromatic rings. The van der Waals surface area contributed by atoms with E-state index in [9.17, 15) is 18.0 Å². The van der Waals surface area contributed by atoms with Crippen molar-refractivity contribution in [2.45, 2.75) is 31.1 Å². The summed E-state index contributed by atoms with van der Waals surface area (Å²) < 4.78 is 47.9. The Labute approximate surface area is 165 Å². The van der Waals surface area contributed by atoms with Crippen molar-refractivity contribution in [3.63, 3.8) is 0 Å². The lowest BCUT2D eigenvalue weighted by Gasteiger charge is -2.30. The Balaban J connectivity index is 1.95. The van der Waals surface area contributed by atoms with Gasteiger partial charge in [-0.1, -0.05) is 12.1 Å². The third-order valence-corrected chi connectivity index (χ3v) is 4.87. The van der Waals surface area contributed by atoms with E-state index in [1.165, 1.54) is 30.5 Å². The van der Waals surface area contributed by atoms with E-state index in [-0.39, 0.29) is 48.8 Å². The van der Waals surface area contributed by atoms with Crippen molar-refractivity contribution in [3.8, 4) is 6.07 Å². The second-order valence-corrected chi connectivity index (χ2v) is 6.80. The van der Waals surface area contributed by atoms with Gasteiger partial charge in [0.15, 0.2) is 11.7 Å². The van der Waals surface area contributed by atoms with Gasteiger partial charge in [0.05, 0.1) is 17.6 Å². The number of carbonyl (C=O) groups excluding carboxylic acids is 1. The van der Waals surface area contributed by atoms with Crippen LogP contribution in [0.5, 0.6) is 0 Å². The molecule has 0 saturated carbocycles. The summed E-state index contributed by atoms with van der Waals surface area (Å²) in [5.41, 5.74) is 4.30. The van der Waals surface area contributed by atoms with Gasteiger partial charge in [-0.15, -0.1) is 0 Å². The van der Waals surface area contributed by atoms with E-state index >= 15 is 0 Å². The Morgan fingerprint density at radius 1 is 1.34 bits per heavy atom. The molecular weight excluding hydrogens is 383 g/mol. The number of nitrogens with two attached hydrogens (primary N) is 1. The third-order valence-electron chi connectivity index (χ3n) is 4.87. The maximum absolute atomic E-state index is 14.6. The Hall–Kier alpha value is -3.34. The summed E-state index contributed by atoms with van der Waals surface area (Å²) in [7, 11) is 0. The topological polar surface area (TPSA) is 89.0 Å². The zero-order valence-electron chi connectivity index (χ0n) is 15.4. The largest absolute Gasteiger partial charge is 0.480 e. The Bertz CT molecular complexity index is 984. The zero-order chi connectivity index (χ0) is 21.0. The first kappa shape index (κ1) is 20.4. The average Bonchev–Trinajstić information content (AvgIpc) is 2.91. The van der Waals surface area contributed by atoms with Crippen LogP contribution in [0.4, 0.5) is 13.2 Å². The van der Waals surface area contributed by atoms with Gasteiger partial charge < -0.3 is 10.5 Å². The lowest BCUT2D eigenvalue weighted by atomic mass is 9.76. The van der Waals surface area contributed by atoms with Gasteiger partial charge in [0.2, 0.25) is 0 Å². The molecular formula is C21H18F3N3O2. The molecule has 2 heterocycles. The van der Waals surface area contributed by atoms with Gasteiger partial charge in [-0.05, 0) is 42.7 Å². The quantitative estimate of drug-likeness (QED) is 0.773. The van der Waals surface area contributed by atoms with Gasteiger partial charge in [0, 0.05) is 18.2 Å². The molecule has 0 bridgehead atoms. The van der Waals surface area contributed by atoms with Gasteiger partial charge in [0.25, 0.3) is 6.43 Å². The highest BCUT2D eigenvalue weighted by Crippen LogP contribution is 2.41. The molecule has 1 aliphatic rings. The van der Waals surface area contributed by atoms with Crippen molar-refractivity contribution < 1.29 is 22.7 Å². The number of halogens is 3. The summed E-state index contributed by atoms with van der Waals surface area (Å²) in [4.78, 5) is 16.4. The number of benzene rings is 1. The molecule has 29 heavy (non-hydrogen) atoms. The molecule has 1 aromatic heterocycles. The molecule has 3 rings (SSSR count). The Morgan fingerprint density at radius 2 is 2.14 bits per heavy atom. The molecule has 150 valence electrons. The number of nitriles is 1. The first-order chi connectivity index (χ1) is 13.9. The first-order valence-electron chi connectivity index (χ1n) is 8.93. The van der Waals surface area contributed by atoms with Crippen LogP contribution < -0.4 is 5.73 Å². The highest BCUT2D eigenvalue weighted by molar-refractivity contribution is 5.95. The molecule has 0 fully saturated rings. The fraction of sp³-hybridized carbons (Fsp3) is 0.286. The van der Waals surface area contributed by atoms with E-state index in [1.54, 1.807) is 0 Å². The van der Waals surface area contributed by atoms with Gasteiger partial charge in [0.1, 0.15) is 17.6 Å². The third kappa shape index (κ3) is 4.24. The van der Waals surface area contributed by atoms with Crippen LogP contribution in [-0.4, -0.2) is 23.8 Å². The monoisotopic (exact) mass is 401 g/mol. The summed E-state index contributed by atoms with van der Waals surface area (Å²) in [6.45, 7) is 0.168. The van der Waals surface area contributed by atoms with Crippen LogP contribution in [-0.2, 0) is 16.6 Å². The number of aromatic nitrogens is 1. The number of hydrogen-bond acceptors (Lipinski definition) is 5. The zero-order valence-corrected chi connectivity index (χ0v) is 15.4. The number of pyridine rings is 1. The molecule has 0 saturated heterocycles. The molecule has 0 spiro atoms. The van der Waals surface area contributed by atoms with Gasteiger partial charge in [-0.25, -0.2) is 13.2 Å². The van der Waals surface area contributed by atoms with E-state index < -0.39 is 17.7 Å². The number of Topliss-reactive ketones (excluding diaryl/α,β-unsaturated/α-hetero) is 1. The van der Waals surface area contributed by atoms with E-state index in [1.807, 2.05) is 6.07 Å². The molecule has 1 aromatic carbocycles. The first-order valence-corrected chi connectivity index (χ1v) is 8.93. The second-order valence-electron chi connectivity index (χ2n) is 6.80. The van der Waals surface area contributed by atoms with Gasteiger partial charge in [-0.2, -0.15) is 5.26 Å². The maximum atomic E-state index is 14.6. The number of hydrogen-bond donors (Lipinski definition) is 1. The Morgan fingerprint density at radius 3 is 2.79 bits per heavy atom. The van der Waals surface area contributed by atoms with Crippen LogP contribution >= 0.6 is 0 Å². The lowest BCUT2D eigenvalue weighted by molar-refractivity contribution is 0.0677. The summed E-state index contributed by atoms with van der Waals surface area (Å²) in [6, 6.07) is 8.50. The molecule has 1 atom stereocenters. The van der Waals surface area contributed by atoms with Gasteiger partial charge in [-0.3, -0.25) is 9.78 Å². The molecule has 5 nitrogen and oxygen atoms in total. The smallest absolute Gasteiger partial charge is 0.251 e. The highest BCUT2D eigenvalue weighted by Gasteiger charge is 2.43. The van der Waals surface area contributed by atoms with Crippen molar-refractivity contribution in [1.29, 1.82) is 5.26 Å². The van der Waals surface area contributed by atoms with Gasteiger partial charge >= 0.3 is 0 Å². The van der Waals surface area contributed by atoms with Crippen LogP contribution in [0, 0.1) is 17.1 Å². The lowest BCUT2D eigenvalue weighted by Crippen LogP contribution is -2.34. The molecule has 0 amide bonds. The van der Waals surface area contributed by atoms with E-state index in [4.69, 9.17) is 15.7 Å². The van der Waals surface area contributed by atoms with Crippen LogP contribution in [0.25, 0.3) is 0 Å². The summed E-state index contributed by atoms with van der Waals surface area (Å²) in [6.07, 6.45) is -0.494. The number of rotatable bonds is 5. The average molecular weight is 401 g/mol. The SMILES string of the molecule is N#Cc1ccc(C(=O)Cc2ccc(F)c(C3(C(F)F)C=C(N)OCCC3)c2)nc1. The Kier molecular flexibility index (Phi) is 5.87. The highest BCUT2D eigenvalue weighted by atomic mass is 19.3. The van der Waals surface area contributed by atoms with Crippen molar-refractivity contribution in [1.82, 2.24) is 4.98 Å². The molecule has 2 N–H and O–H groups in total. The van der Waals surface area contributed by atoms with Crippen molar-refractivity contribution >= 4 is 5.78 Å². The molecule has 1 aliphatic heterocycles. The fourth-order valence-electron chi connectivity index (χ4n) is 3.36. The number of ether oxygens (including phenoxy) is 1. The van der Waals surface area contributed by atoms with Crippen LogP contribution in [0.2, 0.25) is 0 Å². The number of ketones is 1. The fourth-order valence-corrected chi connectivity index (χ4v) is 3.36. The van der Waals surface area contributed by atoms with Crippen LogP contribution in [0.15, 0.2) is 48.5 Å². The van der Waals surface area contributed by atoms with Crippen LogP contribution in [0.3, 0.4) is 0 Å². The number of allylic oxidation sites excluding steroid dienone is 1. The van der Waals surface area contributed by atoms with Crippen LogP contribution in [0.1, 0.15) is 40.0 Å². The van der Waals surface area contributed by atoms with Crippen molar-refractivity contribution in [2.24, 2.45) is 5.73 Å². The molecule has 1 unspecified atom stereocenters. The summed E-state index contributed by atoms with van der Waals surface area (Å²) in [5, 5.41) is 8.80. The summed E-state index contributed by atoms with van der Waals surface area (Å²) in [5.74, 6) is -1.35. The van der Waals surface area contributed by atoms with E-state index in [0.717, 1.165) is 12.1 Å². The molecule has 8 heteroatoms. The maximum Gasteiger partial charge on any atom is 0.251 e. The summed E-state index contributed by atoms with van der Waals surface area (Å²) >= 11 is 0. The minimum atomic E-state index is -2.91. The predicted molar refractivity (Wildman–Crippen MR) is 98.5 cm³/mol. The second kappa shape index (κ2) is 8.35. The van der Waals surface area contributed by atoms with Crippen molar-refractivity contribution in [2.75, 3.05) is 6.61 Å². The van der Waals surface area contributed by atoms with E-state index in [2.05, 4.69) is 4.98 Å². The normalized spacial score (nSPS) is 19.1.